The number of carbonyl (C=O) groups excluding carboxylic acids is 2. The van der Waals surface area contributed by atoms with Gasteiger partial charge in [0.05, 0.1) is 13.5 Å². The summed E-state index contributed by atoms with van der Waals surface area (Å²) in [5, 5.41) is 2.91. The van der Waals surface area contributed by atoms with Gasteiger partial charge in [0.2, 0.25) is 5.91 Å². The lowest BCUT2D eigenvalue weighted by Crippen LogP contribution is -2.55. The maximum absolute atomic E-state index is 12.5. The van der Waals surface area contributed by atoms with Gasteiger partial charge in [0, 0.05) is 4.47 Å². The number of hydrogen-bond acceptors (Lipinski definition) is 3. The monoisotopic (exact) mass is 381 g/mol. The predicted molar refractivity (Wildman–Crippen MR) is 93.2 cm³/mol. The van der Waals surface area contributed by atoms with E-state index in [9.17, 15) is 9.59 Å². The highest BCUT2D eigenvalue weighted by Crippen LogP contribution is 2.40. The Morgan fingerprint density at radius 3 is 2.57 bits per heavy atom. The number of ether oxygens (including phenoxy) is 1. The van der Waals surface area contributed by atoms with E-state index in [1.54, 1.807) is 6.92 Å². The second-order valence-electron chi connectivity index (χ2n) is 6.43. The fraction of sp³-hybridized carbons (Fsp3) is 0.556. The molecule has 126 valence electrons. The zero-order chi connectivity index (χ0) is 17.2. The lowest BCUT2D eigenvalue weighted by molar-refractivity contribution is -0.151. The molecule has 0 saturated heterocycles. The summed E-state index contributed by atoms with van der Waals surface area (Å²) in [4.78, 5) is 24.6. The van der Waals surface area contributed by atoms with Crippen LogP contribution in [0, 0.1) is 12.8 Å². The van der Waals surface area contributed by atoms with Crippen molar-refractivity contribution in [3.05, 3.63) is 33.3 Å². The SMILES string of the molecule is CCc1cc(C)cc(Br)c1CC(=O)NC(C)(C(=O)OC)C1CC1. The van der Waals surface area contributed by atoms with Crippen LogP contribution >= 0.6 is 15.9 Å². The lowest BCUT2D eigenvalue weighted by Gasteiger charge is -2.28. The molecule has 0 spiro atoms. The first-order chi connectivity index (χ1) is 10.8. The molecule has 1 aromatic carbocycles. The van der Waals surface area contributed by atoms with Crippen LogP contribution < -0.4 is 5.32 Å². The van der Waals surface area contributed by atoms with Crippen molar-refractivity contribution in [2.24, 2.45) is 5.92 Å². The Labute approximate surface area is 146 Å². The molecule has 1 saturated carbocycles. The molecule has 0 bridgehead atoms. The molecule has 1 aliphatic carbocycles. The van der Waals surface area contributed by atoms with Crippen molar-refractivity contribution >= 4 is 27.8 Å². The molecule has 5 heteroatoms. The Morgan fingerprint density at radius 1 is 1.39 bits per heavy atom. The fourth-order valence-electron chi connectivity index (χ4n) is 3.04. The van der Waals surface area contributed by atoms with Gasteiger partial charge in [-0.15, -0.1) is 0 Å². The lowest BCUT2D eigenvalue weighted by atomic mass is 9.94. The number of benzene rings is 1. The average Bonchev–Trinajstić information content (AvgIpc) is 3.33. The normalized spacial score (nSPS) is 16.6. The topological polar surface area (TPSA) is 55.4 Å². The molecule has 1 atom stereocenters. The van der Waals surface area contributed by atoms with E-state index < -0.39 is 5.54 Å². The van der Waals surface area contributed by atoms with Crippen molar-refractivity contribution < 1.29 is 14.3 Å². The first-order valence-electron chi connectivity index (χ1n) is 7.99. The summed E-state index contributed by atoms with van der Waals surface area (Å²) in [5.41, 5.74) is 2.38. The van der Waals surface area contributed by atoms with Crippen molar-refractivity contribution in [1.29, 1.82) is 0 Å². The van der Waals surface area contributed by atoms with E-state index in [4.69, 9.17) is 4.74 Å². The molecule has 0 radical (unpaired) electrons. The second kappa shape index (κ2) is 7.04. The van der Waals surface area contributed by atoms with Crippen molar-refractivity contribution in [3.63, 3.8) is 0 Å². The summed E-state index contributed by atoms with van der Waals surface area (Å²) in [6.45, 7) is 5.87. The molecule has 2 rings (SSSR count). The van der Waals surface area contributed by atoms with E-state index >= 15 is 0 Å². The number of methoxy groups -OCH3 is 1. The van der Waals surface area contributed by atoms with Crippen LogP contribution in [0.2, 0.25) is 0 Å². The zero-order valence-electron chi connectivity index (χ0n) is 14.2. The highest BCUT2D eigenvalue weighted by Gasteiger charge is 2.49. The predicted octanol–water partition coefficient (Wildman–Crippen LogP) is 3.32. The molecule has 0 aromatic heterocycles. The minimum absolute atomic E-state index is 0.149. The fourth-order valence-corrected chi connectivity index (χ4v) is 3.80. The third kappa shape index (κ3) is 3.94. The van der Waals surface area contributed by atoms with E-state index in [2.05, 4.69) is 34.2 Å². The first-order valence-corrected chi connectivity index (χ1v) is 8.78. The van der Waals surface area contributed by atoms with Crippen molar-refractivity contribution in [2.45, 2.75) is 52.0 Å². The molecule has 0 heterocycles. The molecular weight excluding hydrogens is 358 g/mol. The molecule has 0 aliphatic heterocycles. The van der Waals surface area contributed by atoms with Gasteiger partial charge in [-0.1, -0.05) is 28.9 Å². The summed E-state index contributed by atoms with van der Waals surface area (Å²) in [5.74, 6) is -0.345. The molecular formula is C18H24BrNO3. The molecule has 1 unspecified atom stereocenters. The van der Waals surface area contributed by atoms with Crippen molar-refractivity contribution in [2.75, 3.05) is 7.11 Å². The van der Waals surface area contributed by atoms with E-state index in [1.807, 2.05) is 13.0 Å². The smallest absolute Gasteiger partial charge is 0.331 e. The Balaban J connectivity index is 2.18. The van der Waals surface area contributed by atoms with Gasteiger partial charge in [-0.2, -0.15) is 0 Å². The molecule has 1 amide bonds. The van der Waals surface area contributed by atoms with Crippen LogP contribution in [-0.2, 0) is 27.2 Å². The van der Waals surface area contributed by atoms with Gasteiger partial charge in [-0.25, -0.2) is 4.79 Å². The highest BCUT2D eigenvalue weighted by atomic mass is 79.9. The molecule has 1 aromatic rings. The summed E-state index contributed by atoms with van der Waals surface area (Å²) >= 11 is 3.56. The Morgan fingerprint density at radius 2 is 2.04 bits per heavy atom. The maximum Gasteiger partial charge on any atom is 0.331 e. The van der Waals surface area contributed by atoms with Gasteiger partial charge in [0.15, 0.2) is 0 Å². The van der Waals surface area contributed by atoms with Crippen LogP contribution in [0.15, 0.2) is 16.6 Å². The number of amides is 1. The maximum atomic E-state index is 12.5. The van der Waals surface area contributed by atoms with E-state index in [0.29, 0.717) is 0 Å². The number of rotatable bonds is 6. The number of halogens is 1. The van der Waals surface area contributed by atoms with Crippen LogP contribution in [0.25, 0.3) is 0 Å². The molecule has 4 nitrogen and oxygen atoms in total. The van der Waals surface area contributed by atoms with E-state index in [1.165, 1.54) is 7.11 Å². The van der Waals surface area contributed by atoms with Gasteiger partial charge >= 0.3 is 5.97 Å². The van der Waals surface area contributed by atoms with Crippen LogP contribution in [0.1, 0.15) is 43.4 Å². The first kappa shape index (κ1) is 18.0. The van der Waals surface area contributed by atoms with Crippen molar-refractivity contribution in [1.82, 2.24) is 5.32 Å². The van der Waals surface area contributed by atoms with E-state index in [0.717, 1.165) is 40.4 Å². The summed E-state index contributed by atoms with van der Waals surface area (Å²) in [6.07, 6.45) is 3.00. The van der Waals surface area contributed by atoms with Gasteiger partial charge in [0.1, 0.15) is 5.54 Å². The Hall–Kier alpha value is -1.36. The van der Waals surface area contributed by atoms with Crippen LogP contribution in [0.3, 0.4) is 0 Å². The molecule has 23 heavy (non-hydrogen) atoms. The number of carbonyl (C=O) groups is 2. The number of esters is 1. The largest absolute Gasteiger partial charge is 0.467 e. The Kier molecular flexibility index (Phi) is 5.50. The van der Waals surface area contributed by atoms with Crippen LogP contribution in [0.5, 0.6) is 0 Å². The van der Waals surface area contributed by atoms with Gasteiger partial charge in [0.25, 0.3) is 0 Å². The van der Waals surface area contributed by atoms with Gasteiger partial charge in [-0.3, -0.25) is 4.79 Å². The number of hydrogen-bond donors (Lipinski definition) is 1. The third-order valence-electron chi connectivity index (χ3n) is 4.55. The standard InChI is InChI=1S/C18H24BrNO3/c1-5-12-8-11(2)9-15(19)14(12)10-16(21)20-18(3,13-6-7-13)17(22)23-4/h8-9,13H,5-7,10H2,1-4H3,(H,20,21). The molecule has 1 aliphatic rings. The van der Waals surface area contributed by atoms with Crippen LogP contribution in [-0.4, -0.2) is 24.5 Å². The van der Waals surface area contributed by atoms with Crippen molar-refractivity contribution in [3.8, 4) is 0 Å². The van der Waals surface area contributed by atoms with Gasteiger partial charge < -0.3 is 10.1 Å². The van der Waals surface area contributed by atoms with Gasteiger partial charge in [-0.05, 0) is 61.8 Å². The minimum atomic E-state index is -0.921. The number of aryl methyl sites for hydroxylation is 2. The molecule has 1 N–H and O–H groups in total. The average molecular weight is 382 g/mol. The zero-order valence-corrected chi connectivity index (χ0v) is 15.7. The summed E-state index contributed by atoms with van der Waals surface area (Å²) in [7, 11) is 1.36. The summed E-state index contributed by atoms with van der Waals surface area (Å²) in [6, 6.07) is 4.12. The summed E-state index contributed by atoms with van der Waals surface area (Å²) < 4.78 is 5.83. The number of nitrogens with one attached hydrogen (secondary N) is 1. The van der Waals surface area contributed by atoms with E-state index in [-0.39, 0.29) is 24.2 Å². The molecule has 1 fully saturated rings. The Bertz CT molecular complexity index is 625. The quantitative estimate of drug-likeness (QED) is 0.768. The second-order valence-corrected chi connectivity index (χ2v) is 7.29. The minimum Gasteiger partial charge on any atom is -0.467 e. The van der Waals surface area contributed by atoms with Crippen LogP contribution in [0.4, 0.5) is 0 Å². The highest BCUT2D eigenvalue weighted by molar-refractivity contribution is 9.10. The third-order valence-corrected chi connectivity index (χ3v) is 5.26.